The van der Waals surface area contributed by atoms with Crippen LogP contribution in [0.2, 0.25) is 0 Å². The fourth-order valence-corrected chi connectivity index (χ4v) is 2.30. The Balaban J connectivity index is 2.11. The number of hydrogen-bond acceptors (Lipinski definition) is 5. The van der Waals surface area contributed by atoms with Gasteiger partial charge in [0.25, 0.3) is 5.91 Å². The molecule has 94 valence electrons. The lowest BCUT2D eigenvalue weighted by Crippen LogP contribution is -2.10. The molecule has 18 heavy (non-hydrogen) atoms. The Hall–Kier alpha value is -2.15. The minimum atomic E-state index is -0.925. The van der Waals surface area contributed by atoms with Crippen molar-refractivity contribution >= 4 is 28.3 Å². The highest BCUT2D eigenvalue weighted by molar-refractivity contribution is 7.16. The molecule has 0 aromatic carbocycles. The first kappa shape index (κ1) is 12.3. The van der Waals surface area contributed by atoms with E-state index >= 15 is 0 Å². The van der Waals surface area contributed by atoms with Gasteiger partial charge >= 0.3 is 5.97 Å². The molecule has 2 heterocycles. The number of anilines is 1. The Kier molecular flexibility index (Phi) is 3.42. The molecule has 2 aromatic rings. The largest absolute Gasteiger partial charge is 0.481 e. The summed E-state index contributed by atoms with van der Waals surface area (Å²) < 4.78 is 4.94. The summed E-state index contributed by atoms with van der Waals surface area (Å²) in [6.07, 6.45) is 1.30. The van der Waals surface area contributed by atoms with Crippen molar-refractivity contribution in [3.05, 3.63) is 34.7 Å². The molecule has 1 amide bonds. The molecule has 0 atom stereocenters. The van der Waals surface area contributed by atoms with Crippen LogP contribution >= 0.6 is 11.3 Å². The van der Waals surface area contributed by atoms with Crippen molar-refractivity contribution in [3.63, 3.8) is 0 Å². The van der Waals surface area contributed by atoms with Gasteiger partial charge in [0.05, 0.1) is 18.4 Å². The van der Waals surface area contributed by atoms with Gasteiger partial charge in [-0.25, -0.2) is 4.98 Å². The average molecular weight is 266 g/mol. The number of carbonyl (C=O) groups is 2. The molecule has 0 saturated heterocycles. The van der Waals surface area contributed by atoms with Crippen LogP contribution in [-0.2, 0) is 11.2 Å². The molecule has 0 unspecified atom stereocenters. The van der Waals surface area contributed by atoms with E-state index in [0.717, 1.165) is 11.3 Å². The van der Waals surface area contributed by atoms with Gasteiger partial charge in [0.1, 0.15) is 0 Å². The van der Waals surface area contributed by atoms with Crippen LogP contribution in [0, 0.1) is 6.92 Å². The smallest absolute Gasteiger partial charge is 0.308 e. The van der Waals surface area contributed by atoms with Gasteiger partial charge in [-0.1, -0.05) is 0 Å². The van der Waals surface area contributed by atoms with Crippen LogP contribution in [-0.4, -0.2) is 22.0 Å². The number of thiazole rings is 1. The van der Waals surface area contributed by atoms with E-state index < -0.39 is 11.9 Å². The first-order valence-corrected chi connectivity index (χ1v) is 5.91. The normalized spacial score (nSPS) is 10.3. The number of furan rings is 1. The second-order valence-corrected chi connectivity index (χ2v) is 4.61. The van der Waals surface area contributed by atoms with E-state index in [-0.39, 0.29) is 12.2 Å². The first-order valence-electron chi connectivity index (χ1n) is 5.09. The summed E-state index contributed by atoms with van der Waals surface area (Å²) in [7, 11) is 0. The fraction of sp³-hybridized carbons (Fsp3) is 0.182. The van der Waals surface area contributed by atoms with Gasteiger partial charge in [-0.3, -0.25) is 14.9 Å². The molecule has 2 N–H and O–H groups in total. The summed E-state index contributed by atoms with van der Waals surface area (Å²) in [5.41, 5.74) is 0.608. The Morgan fingerprint density at radius 1 is 1.56 bits per heavy atom. The van der Waals surface area contributed by atoms with Crippen molar-refractivity contribution in [2.24, 2.45) is 0 Å². The number of hydrogen-bond donors (Lipinski definition) is 2. The molecule has 6 nitrogen and oxygen atoms in total. The third-order valence-electron chi connectivity index (χ3n) is 2.17. The number of aromatic nitrogens is 1. The van der Waals surface area contributed by atoms with Gasteiger partial charge in [-0.05, 0) is 19.1 Å². The second-order valence-electron chi connectivity index (χ2n) is 3.53. The lowest BCUT2D eigenvalue weighted by Gasteiger charge is -1.96. The highest BCUT2D eigenvalue weighted by Gasteiger charge is 2.14. The van der Waals surface area contributed by atoms with Crippen molar-refractivity contribution < 1.29 is 19.1 Å². The van der Waals surface area contributed by atoms with E-state index in [1.54, 1.807) is 13.0 Å². The zero-order chi connectivity index (χ0) is 13.1. The summed E-state index contributed by atoms with van der Waals surface area (Å²) in [6.45, 7) is 1.71. The van der Waals surface area contributed by atoms with Crippen LogP contribution < -0.4 is 5.32 Å². The SMILES string of the molecule is Cc1nc(NC(=O)c2ccco2)sc1CC(=O)O. The van der Waals surface area contributed by atoms with Crippen LogP contribution in [0.15, 0.2) is 22.8 Å². The van der Waals surface area contributed by atoms with Gasteiger partial charge in [0.15, 0.2) is 10.9 Å². The molecule has 0 radical (unpaired) electrons. The van der Waals surface area contributed by atoms with Crippen molar-refractivity contribution in [1.82, 2.24) is 4.98 Å². The van der Waals surface area contributed by atoms with Gasteiger partial charge in [-0.15, -0.1) is 11.3 Å². The Bertz CT molecular complexity index is 574. The second kappa shape index (κ2) is 5.01. The molecule has 0 spiro atoms. The number of carbonyl (C=O) groups excluding carboxylic acids is 1. The Labute approximate surface area is 106 Å². The average Bonchev–Trinajstić information content (AvgIpc) is 2.89. The third kappa shape index (κ3) is 2.75. The molecule has 2 rings (SSSR count). The minimum Gasteiger partial charge on any atom is -0.481 e. The van der Waals surface area contributed by atoms with Gasteiger partial charge < -0.3 is 9.52 Å². The predicted octanol–water partition coefficient (Wildman–Crippen LogP) is 1.92. The highest BCUT2D eigenvalue weighted by Crippen LogP contribution is 2.23. The van der Waals surface area contributed by atoms with E-state index in [4.69, 9.17) is 9.52 Å². The maximum absolute atomic E-state index is 11.7. The quantitative estimate of drug-likeness (QED) is 0.882. The molecule has 7 heteroatoms. The number of nitrogens with one attached hydrogen (secondary N) is 1. The number of carboxylic acid groups (broad SMARTS) is 1. The topological polar surface area (TPSA) is 92.4 Å². The molecule has 2 aromatic heterocycles. The Morgan fingerprint density at radius 2 is 2.33 bits per heavy atom. The standard InChI is InChI=1S/C11H10N2O4S/c1-6-8(5-9(14)15)18-11(12-6)13-10(16)7-3-2-4-17-7/h2-4H,5H2,1H3,(H,14,15)(H,12,13,16). The first-order chi connectivity index (χ1) is 8.56. The van der Waals surface area contributed by atoms with Gasteiger partial charge in [-0.2, -0.15) is 0 Å². The summed E-state index contributed by atoms with van der Waals surface area (Å²) >= 11 is 1.15. The van der Waals surface area contributed by atoms with Crippen molar-refractivity contribution in [3.8, 4) is 0 Å². The van der Waals surface area contributed by atoms with Gasteiger partial charge in [0.2, 0.25) is 0 Å². The number of carboxylic acids is 1. The van der Waals surface area contributed by atoms with Crippen molar-refractivity contribution in [2.75, 3.05) is 5.32 Å². The summed E-state index contributed by atoms with van der Waals surface area (Å²) in [6, 6.07) is 3.14. The molecular formula is C11H10N2O4S. The van der Waals surface area contributed by atoms with Crippen LogP contribution in [0.1, 0.15) is 21.1 Å². The van der Waals surface area contributed by atoms with E-state index in [1.165, 1.54) is 12.3 Å². The fourth-order valence-electron chi connectivity index (χ4n) is 1.35. The zero-order valence-electron chi connectivity index (χ0n) is 9.47. The van der Waals surface area contributed by atoms with E-state index in [2.05, 4.69) is 10.3 Å². The number of aliphatic carboxylic acids is 1. The Morgan fingerprint density at radius 3 is 2.94 bits per heavy atom. The van der Waals surface area contributed by atoms with Crippen LogP contribution in [0.25, 0.3) is 0 Å². The predicted molar refractivity (Wildman–Crippen MR) is 64.9 cm³/mol. The lowest BCUT2D eigenvalue weighted by molar-refractivity contribution is -0.136. The van der Waals surface area contributed by atoms with E-state index in [1.807, 2.05) is 0 Å². The van der Waals surface area contributed by atoms with Gasteiger partial charge in [0, 0.05) is 4.88 Å². The summed E-state index contributed by atoms with van der Waals surface area (Å²) in [5.74, 6) is -1.15. The van der Waals surface area contributed by atoms with E-state index in [0.29, 0.717) is 15.7 Å². The molecule has 0 aliphatic carbocycles. The number of rotatable bonds is 4. The van der Waals surface area contributed by atoms with Crippen LogP contribution in [0.3, 0.4) is 0 Å². The molecule has 0 fully saturated rings. The molecule has 0 bridgehead atoms. The highest BCUT2D eigenvalue weighted by atomic mass is 32.1. The summed E-state index contributed by atoms with van der Waals surface area (Å²) in [4.78, 5) is 27.0. The number of aryl methyl sites for hydroxylation is 1. The minimum absolute atomic E-state index is 0.0971. The number of amides is 1. The monoisotopic (exact) mass is 266 g/mol. The van der Waals surface area contributed by atoms with Crippen LogP contribution in [0.5, 0.6) is 0 Å². The maximum atomic E-state index is 11.7. The third-order valence-corrected chi connectivity index (χ3v) is 3.24. The lowest BCUT2D eigenvalue weighted by atomic mass is 10.3. The van der Waals surface area contributed by atoms with Crippen molar-refractivity contribution in [2.45, 2.75) is 13.3 Å². The van der Waals surface area contributed by atoms with Crippen LogP contribution in [0.4, 0.5) is 5.13 Å². The molecular weight excluding hydrogens is 256 g/mol. The molecule has 0 aliphatic heterocycles. The van der Waals surface area contributed by atoms with Crippen molar-refractivity contribution in [1.29, 1.82) is 0 Å². The molecule has 0 aliphatic rings. The van der Waals surface area contributed by atoms with E-state index in [9.17, 15) is 9.59 Å². The zero-order valence-corrected chi connectivity index (χ0v) is 10.3. The number of nitrogens with zero attached hydrogens (tertiary/aromatic N) is 1. The molecule has 0 saturated carbocycles. The maximum Gasteiger partial charge on any atom is 0.308 e. The summed E-state index contributed by atoms with van der Waals surface area (Å²) in [5, 5.41) is 11.6.